The van der Waals surface area contributed by atoms with Gasteiger partial charge in [-0.25, -0.2) is 9.07 Å². The van der Waals surface area contributed by atoms with Crippen molar-refractivity contribution in [1.29, 1.82) is 0 Å². The highest BCUT2D eigenvalue weighted by molar-refractivity contribution is 5.16. The van der Waals surface area contributed by atoms with Crippen molar-refractivity contribution < 1.29 is 9.50 Å². The second kappa shape index (κ2) is 5.54. The van der Waals surface area contributed by atoms with Gasteiger partial charge in [-0.05, 0) is 30.5 Å². The molecule has 0 radical (unpaired) electrons. The van der Waals surface area contributed by atoms with Crippen molar-refractivity contribution in [3.8, 4) is 0 Å². The second-order valence-corrected chi connectivity index (χ2v) is 3.86. The van der Waals surface area contributed by atoms with E-state index in [4.69, 9.17) is 5.11 Å². The molecule has 1 aromatic carbocycles. The van der Waals surface area contributed by atoms with Crippen molar-refractivity contribution in [1.82, 2.24) is 15.0 Å². The summed E-state index contributed by atoms with van der Waals surface area (Å²) in [6.07, 6.45) is 3.21. The van der Waals surface area contributed by atoms with Crippen LogP contribution in [0.2, 0.25) is 0 Å². The molecule has 90 valence electrons. The first-order valence-corrected chi connectivity index (χ1v) is 5.52. The van der Waals surface area contributed by atoms with Gasteiger partial charge < -0.3 is 5.11 Å². The third kappa shape index (κ3) is 3.35. The molecular formula is C12H14FN3O. The molecule has 1 N–H and O–H groups in total. The topological polar surface area (TPSA) is 50.9 Å². The Hall–Kier alpha value is -1.75. The molecule has 0 saturated carbocycles. The number of aryl methyl sites for hydroxylation is 1. The Morgan fingerprint density at radius 3 is 3.00 bits per heavy atom. The molecule has 0 aliphatic heterocycles. The Morgan fingerprint density at radius 1 is 1.35 bits per heavy atom. The maximum absolute atomic E-state index is 13.0. The van der Waals surface area contributed by atoms with E-state index in [1.54, 1.807) is 10.7 Å². The van der Waals surface area contributed by atoms with Gasteiger partial charge in [0.25, 0.3) is 0 Å². The first kappa shape index (κ1) is 11.7. The third-order valence-electron chi connectivity index (χ3n) is 2.41. The minimum absolute atomic E-state index is 0.150. The Morgan fingerprint density at radius 2 is 2.24 bits per heavy atom. The van der Waals surface area contributed by atoms with Gasteiger partial charge in [0.1, 0.15) is 5.82 Å². The summed E-state index contributed by atoms with van der Waals surface area (Å²) in [7, 11) is 0. The van der Waals surface area contributed by atoms with Crippen molar-refractivity contribution in [2.45, 2.75) is 19.4 Å². The fourth-order valence-corrected chi connectivity index (χ4v) is 1.61. The van der Waals surface area contributed by atoms with E-state index in [-0.39, 0.29) is 12.4 Å². The summed E-state index contributed by atoms with van der Waals surface area (Å²) < 4.78 is 14.6. The maximum Gasteiger partial charge on any atom is 0.123 e. The molecule has 0 aliphatic rings. The van der Waals surface area contributed by atoms with Gasteiger partial charge in [0.05, 0.1) is 12.2 Å². The van der Waals surface area contributed by atoms with Crippen LogP contribution in [-0.2, 0) is 13.0 Å². The van der Waals surface area contributed by atoms with Crippen LogP contribution in [0.1, 0.15) is 17.7 Å². The van der Waals surface area contributed by atoms with E-state index in [0.29, 0.717) is 19.4 Å². The molecule has 0 saturated heterocycles. The van der Waals surface area contributed by atoms with Crippen LogP contribution in [-0.4, -0.2) is 26.7 Å². The predicted molar refractivity (Wildman–Crippen MR) is 60.9 cm³/mol. The molecule has 0 amide bonds. The van der Waals surface area contributed by atoms with Crippen molar-refractivity contribution in [2.24, 2.45) is 0 Å². The Kier molecular flexibility index (Phi) is 3.82. The van der Waals surface area contributed by atoms with Crippen molar-refractivity contribution in [2.75, 3.05) is 6.61 Å². The van der Waals surface area contributed by atoms with Crippen LogP contribution < -0.4 is 0 Å². The van der Waals surface area contributed by atoms with Gasteiger partial charge in [0.2, 0.25) is 0 Å². The van der Waals surface area contributed by atoms with Crippen molar-refractivity contribution >= 4 is 0 Å². The van der Waals surface area contributed by atoms with E-state index in [1.807, 2.05) is 12.3 Å². The van der Waals surface area contributed by atoms with Crippen LogP contribution in [0.15, 0.2) is 30.5 Å². The van der Waals surface area contributed by atoms with Gasteiger partial charge in [-0.1, -0.05) is 17.3 Å². The smallest absolute Gasteiger partial charge is 0.123 e. The average molecular weight is 235 g/mol. The molecule has 5 heteroatoms. The fourth-order valence-electron chi connectivity index (χ4n) is 1.61. The lowest BCUT2D eigenvalue weighted by Crippen LogP contribution is -2.00. The third-order valence-corrected chi connectivity index (χ3v) is 2.41. The van der Waals surface area contributed by atoms with E-state index in [2.05, 4.69) is 10.3 Å². The molecule has 0 unspecified atom stereocenters. The van der Waals surface area contributed by atoms with Crippen LogP contribution in [0.25, 0.3) is 0 Å². The van der Waals surface area contributed by atoms with Gasteiger partial charge in [-0.2, -0.15) is 0 Å². The predicted octanol–water partition coefficient (Wildman–Crippen LogP) is 1.39. The lowest BCUT2D eigenvalue weighted by atomic mass is 10.2. The number of aromatic nitrogens is 3. The largest absolute Gasteiger partial charge is 0.396 e. The number of nitrogens with zero attached hydrogens (tertiary/aromatic N) is 3. The number of aliphatic hydroxyl groups excluding tert-OH is 1. The molecule has 1 aromatic heterocycles. The molecular weight excluding hydrogens is 221 g/mol. The Bertz CT molecular complexity index is 484. The summed E-state index contributed by atoms with van der Waals surface area (Å²) in [6.45, 7) is 0.653. The van der Waals surface area contributed by atoms with Crippen LogP contribution >= 0.6 is 0 Å². The SMILES string of the molecule is OCCCc1cn(Cc2cccc(F)c2)nn1. The van der Waals surface area contributed by atoms with E-state index in [0.717, 1.165) is 11.3 Å². The van der Waals surface area contributed by atoms with Gasteiger partial charge >= 0.3 is 0 Å². The summed E-state index contributed by atoms with van der Waals surface area (Å²) in [4.78, 5) is 0. The first-order valence-electron chi connectivity index (χ1n) is 5.52. The Balaban J connectivity index is 2.01. The molecule has 1 heterocycles. The normalized spacial score (nSPS) is 10.7. The quantitative estimate of drug-likeness (QED) is 0.852. The zero-order chi connectivity index (χ0) is 12.1. The average Bonchev–Trinajstić information content (AvgIpc) is 2.74. The summed E-state index contributed by atoms with van der Waals surface area (Å²) in [5, 5.41) is 16.6. The van der Waals surface area contributed by atoms with Crippen LogP contribution in [0, 0.1) is 5.82 Å². The number of halogens is 1. The highest BCUT2D eigenvalue weighted by Crippen LogP contribution is 2.06. The van der Waals surface area contributed by atoms with E-state index in [1.165, 1.54) is 12.1 Å². The van der Waals surface area contributed by atoms with Crippen LogP contribution in [0.3, 0.4) is 0 Å². The lowest BCUT2D eigenvalue weighted by Gasteiger charge is -2.00. The second-order valence-electron chi connectivity index (χ2n) is 3.86. The van der Waals surface area contributed by atoms with Crippen LogP contribution in [0.5, 0.6) is 0 Å². The monoisotopic (exact) mass is 235 g/mol. The molecule has 0 aliphatic carbocycles. The summed E-state index contributed by atoms with van der Waals surface area (Å²) in [5.74, 6) is -0.247. The van der Waals surface area contributed by atoms with Gasteiger partial charge in [0, 0.05) is 12.8 Å². The highest BCUT2D eigenvalue weighted by atomic mass is 19.1. The summed E-state index contributed by atoms with van der Waals surface area (Å²) in [6, 6.07) is 6.42. The minimum Gasteiger partial charge on any atom is -0.396 e. The minimum atomic E-state index is -0.247. The molecule has 0 spiro atoms. The maximum atomic E-state index is 13.0. The lowest BCUT2D eigenvalue weighted by molar-refractivity contribution is 0.288. The van der Waals surface area contributed by atoms with E-state index in [9.17, 15) is 4.39 Å². The van der Waals surface area contributed by atoms with Crippen LogP contribution in [0.4, 0.5) is 4.39 Å². The van der Waals surface area contributed by atoms with E-state index < -0.39 is 0 Å². The van der Waals surface area contributed by atoms with Gasteiger partial charge in [0.15, 0.2) is 0 Å². The fraction of sp³-hybridized carbons (Fsp3) is 0.333. The number of benzene rings is 1. The van der Waals surface area contributed by atoms with Crippen molar-refractivity contribution in [3.05, 3.63) is 47.5 Å². The summed E-state index contributed by atoms with van der Waals surface area (Å²) >= 11 is 0. The summed E-state index contributed by atoms with van der Waals surface area (Å²) in [5.41, 5.74) is 1.69. The molecule has 0 atom stereocenters. The standard InChI is InChI=1S/C12H14FN3O/c13-11-4-1-3-10(7-11)8-16-9-12(14-15-16)5-2-6-17/h1,3-4,7,9,17H,2,5-6,8H2. The zero-order valence-corrected chi connectivity index (χ0v) is 9.38. The number of rotatable bonds is 5. The Labute approximate surface area is 98.7 Å². The molecule has 4 nitrogen and oxygen atoms in total. The molecule has 2 rings (SSSR count). The number of hydrogen-bond donors (Lipinski definition) is 1. The number of aliphatic hydroxyl groups is 1. The molecule has 0 fully saturated rings. The molecule has 17 heavy (non-hydrogen) atoms. The first-order chi connectivity index (χ1) is 8.28. The zero-order valence-electron chi connectivity index (χ0n) is 9.38. The molecule has 0 bridgehead atoms. The van der Waals surface area contributed by atoms with Crippen molar-refractivity contribution in [3.63, 3.8) is 0 Å². The van der Waals surface area contributed by atoms with Gasteiger partial charge in [-0.15, -0.1) is 5.10 Å². The van der Waals surface area contributed by atoms with E-state index >= 15 is 0 Å². The highest BCUT2D eigenvalue weighted by Gasteiger charge is 2.02. The van der Waals surface area contributed by atoms with Gasteiger partial charge in [-0.3, -0.25) is 0 Å². The molecule has 2 aromatic rings. The number of hydrogen-bond acceptors (Lipinski definition) is 3.